The summed E-state index contributed by atoms with van der Waals surface area (Å²) >= 11 is 0.660. The Balaban J connectivity index is 2.71. The van der Waals surface area contributed by atoms with Gasteiger partial charge in [0, 0.05) is 0 Å². The predicted molar refractivity (Wildman–Crippen MR) is 156 cm³/mol. The molecule has 0 saturated heterocycles. The molecule has 40 heavy (non-hydrogen) atoms. The summed E-state index contributed by atoms with van der Waals surface area (Å²) in [6.45, 7) is 8.69. The number of rotatable bonds is 17. The van der Waals surface area contributed by atoms with E-state index in [0.717, 1.165) is 5.56 Å². The molecule has 5 N–H and O–H groups in total. The number of hydrogen-bond acceptors (Lipinski definition) is 8. The fourth-order valence-corrected chi connectivity index (χ4v) is 5.23. The number of carbonyl (C=O) groups excluding carboxylic acids is 4. The van der Waals surface area contributed by atoms with E-state index in [1.807, 2.05) is 26.2 Å². The fraction of sp³-hybridized carbons (Fsp3) is 0.593. The van der Waals surface area contributed by atoms with Crippen LogP contribution in [0.15, 0.2) is 30.3 Å². The Morgan fingerprint density at radius 3 is 2.17 bits per heavy atom. The summed E-state index contributed by atoms with van der Waals surface area (Å²) in [4.78, 5) is 62.2. The molecule has 0 unspecified atom stereocenters. The summed E-state index contributed by atoms with van der Waals surface area (Å²) in [5.74, 6) is -1.45. The third-order valence-corrected chi connectivity index (χ3v) is 7.53. The summed E-state index contributed by atoms with van der Waals surface area (Å²) in [6, 6.07) is 6.23. The van der Waals surface area contributed by atoms with Crippen LogP contribution in [-0.4, -0.2) is 91.1 Å². The van der Waals surface area contributed by atoms with Gasteiger partial charge in [0.15, 0.2) is 0 Å². The molecule has 224 valence electrons. The van der Waals surface area contributed by atoms with Gasteiger partial charge in [-0.15, -0.1) is 0 Å². The van der Waals surface area contributed by atoms with Gasteiger partial charge < -0.3 is 0 Å². The van der Waals surface area contributed by atoms with Gasteiger partial charge in [-0.05, 0) is 0 Å². The number of carboxylic acid groups (broad SMARTS) is 1. The van der Waals surface area contributed by atoms with Crippen molar-refractivity contribution in [3.05, 3.63) is 35.9 Å². The second-order valence-corrected chi connectivity index (χ2v) is 13.4. The Morgan fingerprint density at radius 2 is 1.62 bits per heavy atom. The van der Waals surface area contributed by atoms with E-state index in [2.05, 4.69) is 20.3 Å². The SMILES string of the molecule is CSCC[C@H](N[Se]C(=O)CNC(=O)[C@H](CC(C)C)NC(=O)OC(C)(C)C)C(=O)N[C@@H](Cc1ccccc1)C(=O)O. The normalized spacial score (nSPS) is 13.6. The Labute approximate surface area is 247 Å². The van der Waals surface area contributed by atoms with Gasteiger partial charge in [0.2, 0.25) is 0 Å². The van der Waals surface area contributed by atoms with Crippen LogP contribution in [-0.2, 0) is 30.3 Å². The average molecular weight is 646 g/mol. The van der Waals surface area contributed by atoms with E-state index in [4.69, 9.17) is 4.74 Å². The zero-order valence-electron chi connectivity index (χ0n) is 23.9. The van der Waals surface area contributed by atoms with Gasteiger partial charge in [-0.3, -0.25) is 0 Å². The summed E-state index contributed by atoms with van der Waals surface area (Å²) in [5.41, 5.74) is 0.0500. The number of nitrogens with one attached hydrogen (secondary N) is 4. The summed E-state index contributed by atoms with van der Waals surface area (Å²) < 4.78 is 7.88. The van der Waals surface area contributed by atoms with E-state index >= 15 is 0 Å². The van der Waals surface area contributed by atoms with Crippen molar-refractivity contribution in [2.24, 2.45) is 5.92 Å². The molecule has 0 radical (unpaired) electrons. The number of carbonyl (C=O) groups is 5. The quantitative estimate of drug-likeness (QED) is 0.159. The number of hydrogen-bond donors (Lipinski definition) is 5. The Morgan fingerprint density at radius 1 is 0.975 bits per heavy atom. The Bertz CT molecular complexity index is 989. The van der Waals surface area contributed by atoms with Crippen LogP contribution in [0, 0.1) is 5.92 Å². The van der Waals surface area contributed by atoms with E-state index in [9.17, 15) is 29.1 Å². The second-order valence-electron chi connectivity index (χ2n) is 10.6. The third-order valence-electron chi connectivity index (χ3n) is 5.26. The molecular formula is C27H42N4O7SSe. The van der Waals surface area contributed by atoms with Crippen LogP contribution in [0.2, 0.25) is 0 Å². The Hall–Kier alpha value is -2.60. The molecule has 1 aromatic rings. The van der Waals surface area contributed by atoms with Gasteiger partial charge in [0.05, 0.1) is 0 Å². The molecule has 13 heteroatoms. The molecule has 0 bridgehead atoms. The van der Waals surface area contributed by atoms with Gasteiger partial charge in [0.25, 0.3) is 0 Å². The number of ether oxygens (including phenoxy) is 1. The number of benzene rings is 1. The molecular weight excluding hydrogens is 603 g/mol. The topological polar surface area (TPSA) is 163 Å². The minimum atomic E-state index is -1.15. The summed E-state index contributed by atoms with van der Waals surface area (Å²) in [6.07, 6.45) is 2.03. The molecule has 3 atom stereocenters. The van der Waals surface area contributed by atoms with Crippen molar-refractivity contribution in [3.63, 3.8) is 0 Å². The predicted octanol–water partition coefficient (Wildman–Crippen LogP) is 1.71. The van der Waals surface area contributed by atoms with Crippen molar-refractivity contribution in [2.45, 2.75) is 77.6 Å². The molecule has 0 spiro atoms. The van der Waals surface area contributed by atoms with Crippen LogP contribution in [0.25, 0.3) is 0 Å². The van der Waals surface area contributed by atoms with Crippen molar-refractivity contribution in [1.29, 1.82) is 0 Å². The number of aliphatic carboxylic acids is 1. The van der Waals surface area contributed by atoms with Crippen molar-refractivity contribution >= 4 is 55.5 Å². The van der Waals surface area contributed by atoms with Gasteiger partial charge in [-0.25, -0.2) is 0 Å². The number of thioether (sulfide) groups is 1. The standard InChI is InChI=1S/C27H42N4O7SSe/c1-17(2)14-20(30-26(37)38-27(3,4)5)23(33)28-16-22(32)40-31-19(12-13-39-6)24(34)29-21(25(35)36)15-18-10-8-7-9-11-18/h7-11,17,19-21,31H,12-16H2,1-6H3,(H,28,33)(H,29,34)(H,30,37)(H,35,36)/t19-,20-,21-/m0/s1. The summed E-state index contributed by atoms with van der Waals surface area (Å²) in [7, 11) is 0. The van der Waals surface area contributed by atoms with E-state index in [1.165, 1.54) is 11.8 Å². The third kappa shape index (κ3) is 15.3. The van der Waals surface area contributed by atoms with Crippen molar-refractivity contribution in [1.82, 2.24) is 20.3 Å². The molecule has 0 aliphatic rings. The molecule has 1 rings (SSSR count). The maximum atomic E-state index is 13.0. The Kier molecular flexibility index (Phi) is 15.9. The second kappa shape index (κ2) is 18.0. The first-order valence-corrected chi connectivity index (χ1v) is 16.1. The zero-order chi connectivity index (χ0) is 30.3. The van der Waals surface area contributed by atoms with Gasteiger partial charge >= 0.3 is 248 Å². The molecule has 1 aromatic carbocycles. The van der Waals surface area contributed by atoms with Crippen LogP contribution >= 0.6 is 11.8 Å². The molecule has 3 amide bonds. The molecule has 0 aliphatic carbocycles. The van der Waals surface area contributed by atoms with E-state index in [1.54, 1.807) is 45.0 Å². The van der Waals surface area contributed by atoms with E-state index in [-0.39, 0.29) is 23.6 Å². The molecule has 11 nitrogen and oxygen atoms in total. The minimum absolute atomic E-state index is 0.0968. The first-order valence-electron chi connectivity index (χ1n) is 13.0. The molecule has 0 heterocycles. The number of carboxylic acids is 1. The number of alkyl carbamates (subject to hydrolysis) is 1. The van der Waals surface area contributed by atoms with Gasteiger partial charge in [-0.1, -0.05) is 0 Å². The zero-order valence-corrected chi connectivity index (χ0v) is 26.5. The monoisotopic (exact) mass is 646 g/mol. The van der Waals surface area contributed by atoms with Gasteiger partial charge in [-0.2, -0.15) is 0 Å². The van der Waals surface area contributed by atoms with Crippen LogP contribution in [0.1, 0.15) is 53.0 Å². The van der Waals surface area contributed by atoms with Crippen molar-refractivity contribution < 1.29 is 33.8 Å². The van der Waals surface area contributed by atoms with Gasteiger partial charge in [0.1, 0.15) is 0 Å². The molecule has 0 saturated carbocycles. The summed E-state index contributed by atoms with van der Waals surface area (Å²) in [5, 5.41) is 17.3. The van der Waals surface area contributed by atoms with Crippen LogP contribution in [0.5, 0.6) is 0 Å². The molecule has 0 fully saturated rings. The average Bonchev–Trinajstić information content (AvgIpc) is 2.85. The van der Waals surface area contributed by atoms with E-state index < -0.39 is 62.8 Å². The van der Waals surface area contributed by atoms with Crippen LogP contribution in [0.4, 0.5) is 4.79 Å². The van der Waals surface area contributed by atoms with Crippen LogP contribution < -0.4 is 20.3 Å². The first kappa shape index (κ1) is 35.4. The van der Waals surface area contributed by atoms with Crippen molar-refractivity contribution in [2.75, 3.05) is 18.6 Å². The first-order chi connectivity index (χ1) is 18.7. The molecule has 0 aromatic heterocycles. The fourth-order valence-electron chi connectivity index (χ4n) is 3.41. The van der Waals surface area contributed by atoms with Crippen LogP contribution in [0.3, 0.4) is 0 Å². The maximum absolute atomic E-state index is 13.0. The molecule has 0 aliphatic heterocycles. The van der Waals surface area contributed by atoms with Crippen molar-refractivity contribution in [3.8, 4) is 0 Å². The van der Waals surface area contributed by atoms with E-state index in [0.29, 0.717) is 18.6 Å². The number of amides is 3.